The number of hydrogen-bond acceptors (Lipinski definition) is 28. The van der Waals surface area contributed by atoms with Crippen LogP contribution in [-0.4, -0.2) is 226 Å². The molecule has 0 aliphatic carbocycles. The summed E-state index contributed by atoms with van der Waals surface area (Å²) in [6, 6.07) is 0. The summed E-state index contributed by atoms with van der Waals surface area (Å²) in [6.07, 6.45) is 5.56. The maximum absolute atomic E-state index is 12.9. The zero-order chi connectivity index (χ0) is 78.0. The Hall–Kier alpha value is -8.48. The van der Waals surface area contributed by atoms with Crippen molar-refractivity contribution in [2.24, 2.45) is 17.8 Å². The molecule has 3 atom stereocenters. The van der Waals surface area contributed by atoms with Gasteiger partial charge in [-0.15, -0.1) is 0 Å². The number of amides is 4. The largest absolute Gasteiger partial charge is 0.508 e. The van der Waals surface area contributed by atoms with E-state index in [0.29, 0.717) is 108 Å². The first kappa shape index (κ1) is 95.5. The molecule has 0 aliphatic rings. The van der Waals surface area contributed by atoms with Gasteiger partial charge in [-0.25, -0.2) is 47.9 Å². The molecule has 0 heterocycles. The Kier molecular flexibility index (Phi) is 54.1. The third-order valence-corrected chi connectivity index (χ3v) is 14.5. The first-order valence-corrected chi connectivity index (χ1v) is 36.2. The highest BCUT2D eigenvalue weighted by Gasteiger charge is 2.28. The predicted octanol–water partition coefficient (Wildman–Crippen LogP) is 12.6. The number of hydrogen-bond donors (Lipinski definition) is 2. The van der Waals surface area contributed by atoms with Gasteiger partial charge in [-0.1, -0.05) is 72.5 Å². The van der Waals surface area contributed by atoms with Gasteiger partial charge in [0.15, 0.2) is 0 Å². The van der Waals surface area contributed by atoms with Crippen LogP contribution < -0.4 is 10.6 Å². The summed E-state index contributed by atoms with van der Waals surface area (Å²) in [5, 5.41) is 5.40. The molecule has 104 heavy (non-hydrogen) atoms. The summed E-state index contributed by atoms with van der Waals surface area (Å²) in [7, 11) is 0. The second-order valence-electron chi connectivity index (χ2n) is 27.0. The first-order valence-electron chi connectivity index (χ1n) is 36.2. The minimum Gasteiger partial charge on any atom is -0.460 e. The van der Waals surface area contributed by atoms with Crippen molar-refractivity contribution >= 4 is 72.9 Å². The smallest absolute Gasteiger partial charge is 0.460 e. The second-order valence-corrected chi connectivity index (χ2v) is 27.0. The molecule has 0 radical (unpaired) electrons. The Balaban J connectivity index is 3.80. The minimum absolute atomic E-state index is 0.00373. The van der Waals surface area contributed by atoms with Gasteiger partial charge in [0, 0.05) is 65.9 Å². The van der Waals surface area contributed by atoms with Gasteiger partial charge in [0.05, 0.1) is 72.6 Å². The van der Waals surface area contributed by atoms with Crippen molar-refractivity contribution < 1.29 is 133 Å². The van der Waals surface area contributed by atoms with Gasteiger partial charge in [0.25, 0.3) is 0 Å². The number of ether oxygens (including phenoxy) is 16. The Morgan fingerprint density at radius 1 is 0.298 bits per heavy atom. The van der Waals surface area contributed by atoms with Crippen LogP contribution in [0.25, 0.3) is 0 Å². The Labute approximate surface area is 614 Å². The zero-order valence-corrected chi connectivity index (χ0v) is 63.8. The molecule has 0 saturated carbocycles. The fourth-order valence-electron chi connectivity index (χ4n) is 8.72. The molecule has 4 amide bonds. The predicted molar refractivity (Wildman–Crippen MR) is 377 cm³/mol. The van der Waals surface area contributed by atoms with Crippen LogP contribution in [0.5, 0.6) is 0 Å². The third kappa shape index (κ3) is 56.0. The summed E-state index contributed by atoms with van der Waals surface area (Å²) >= 11 is 0. The van der Waals surface area contributed by atoms with Crippen molar-refractivity contribution in [3.05, 3.63) is 24.3 Å². The molecule has 2 N–H and O–H groups in total. The molecule has 0 saturated heterocycles. The number of nitrogens with zero attached hydrogens (tertiary/aromatic N) is 2. The Morgan fingerprint density at radius 3 is 0.808 bits per heavy atom. The molecule has 0 aromatic heterocycles. The highest BCUT2D eigenvalue weighted by molar-refractivity contribution is 5.87. The average Bonchev–Trinajstić information content (AvgIpc) is 0.871. The molecule has 598 valence electrons. The lowest BCUT2D eigenvalue weighted by atomic mass is 10.0. The fraction of sp³-hybridized carbons (Fsp3) is 0.778. The SMILES string of the molecule is C=C(C)C(=O)OCCN(C(=O)CCCCCCCNC(=O)OCCCCOC(=O)OCCCCOC(=O)OCCCCOC(=O)OCCCCOC(=O)OCC(C)COC(=O)OCC(C)COC(=O)OCC(C)COC(=O)NCCCCCCCC(=O)N(CCOC(=O)C(=C)C)C(C)(C)C)C(C)(C)C. The molecular weight excluding hydrogens is 1370 g/mol. The topological polar surface area (TPSA) is 383 Å². The quantitative estimate of drug-likeness (QED) is 0.0247. The molecule has 0 aromatic rings. The lowest BCUT2D eigenvalue weighted by Crippen LogP contribution is -2.47. The summed E-state index contributed by atoms with van der Waals surface area (Å²) < 4.78 is 81.2. The van der Waals surface area contributed by atoms with E-state index in [-0.39, 0.29) is 123 Å². The van der Waals surface area contributed by atoms with Crippen LogP contribution >= 0.6 is 0 Å². The van der Waals surface area contributed by atoms with Crippen molar-refractivity contribution in [2.45, 2.75) is 216 Å². The van der Waals surface area contributed by atoms with Gasteiger partial charge in [0.1, 0.15) is 46.2 Å². The van der Waals surface area contributed by atoms with Crippen molar-refractivity contribution in [3.63, 3.8) is 0 Å². The zero-order valence-electron chi connectivity index (χ0n) is 63.8. The van der Waals surface area contributed by atoms with E-state index in [1.165, 1.54) is 0 Å². The molecule has 0 fully saturated rings. The molecule has 0 aliphatic heterocycles. The fourth-order valence-corrected chi connectivity index (χ4v) is 8.72. The maximum Gasteiger partial charge on any atom is 0.508 e. The van der Waals surface area contributed by atoms with Crippen molar-refractivity contribution in [2.75, 3.05) is 132 Å². The van der Waals surface area contributed by atoms with E-state index in [4.69, 9.17) is 75.8 Å². The number of carbonyl (C=O) groups is 12. The van der Waals surface area contributed by atoms with E-state index < -0.39 is 84.0 Å². The molecule has 0 spiro atoms. The van der Waals surface area contributed by atoms with Gasteiger partial charge in [0.2, 0.25) is 11.8 Å². The third-order valence-electron chi connectivity index (χ3n) is 14.5. The molecule has 0 rings (SSSR count). The maximum atomic E-state index is 12.9. The van der Waals surface area contributed by atoms with Gasteiger partial charge in [-0.2, -0.15) is 0 Å². The van der Waals surface area contributed by atoms with Crippen LogP contribution in [0.15, 0.2) is 24.3 Å². The molecule has 0 aromatic carbocycles. The van der Waals surface area contributed by atoms with Crippen LogP contribution in [0.3, 0.4) is 0 Å². The van der Waals surface area contributed by atoms with Gasteiger partial charge in [-0.05, 0) is 132 Å². The minimum atomic E-state index is -0.978. The van der Waals surface area contributed by atoms with Crippen LogP contribution in [-0.2, 0) is 95.0 Å². The highest BCUT2D eigenvalue weighted by Crippen LogP contribution is 2.19. The van der Waals surface area contributed by atoms with Crippen molar-refractivity contribution in [1.82, 2.24) is 20.4 Å². The van der Waals surface area contributed by atoms with Crippen LogP contribution in [0.2, 0.25) is 0 Å². The molecular formula is C72H122N4O28. The van der Waals surface area contributed by atoms with E-state index in [2.05, 4.69) is 23.8 Å². The van der Waals surface area contributed by atoms with Crippen molar-refractivity contribution in [3.8, 4) is 0 Å². The van der Waals surface area contributed by atoms with Gasteiger partial charge < -0.3 is 96.2 Å². The Morgan fingerprint density at radius 2 is 0.529 bits per heavy atom. The van der Waals surface area contributed by atoms with Gasteiger partial charge in [-0.3, -0.25) is 9.59 Å². The number of unbranched alkanes of at least 4 members (excludes halogenated alkanes) is 12. The number of alkyl carbamates (subject to hydrolysis) is 2. The number of nitrogens with one attached hydrogen (secondary N) is 2. The van der Waals surface area contributed by atoms with E-state index in [9.17, 15) is 57.5 Å². The first-order chi connectivity index (χ1) is 49.3. The van der Waals surface area contributed by atoms with E-state index in [1.54, 1.807) is 44.4 Å². The van der Waals surface area contributed by atoms with Crippen LogP contribution in [0.4, 0.5) is 38.4 Å². The Bertz CT molecular complexity index is 2540. The van der Waals surface area contributed by atoms with Crippen LogP contribution in [0, 0.1) is 17.8 Å². The molecule has 32 nitrogen and oxygen atoms in total. The number of rotatable bonds is 56. The van der Waals surface area contributed by atoms with E-state index in [0.717, 1.165) is 57.8 Å². The molecule has 3 unspecified atom stereocenters. The summed E-state index contributed by atoms with van der Waals surface area (Å²) in [4.78, 5) is 149. The standard InChI is InChI=1S/C72H122N4O28/c1-54(2)61(79)89-46-36-75(71(8,9)10)59(77)32-20-16-14-18-22-34-73-63(81)91-38-24-25-39-92-65(83)93-40-26-27-41-94-66(84)95-42-28-29-43-96-67(85)97-44-30-31-45-98-68(86)100-50-57(6)51-102-70(88)104-53-58(7)52-103-69(87)101-49-56(5)48-99-64(82)74-35-23-19-15-17-21-33-60(78)76(72(11,12)13)37-47-90-62(80)55(3)4/h56-58H,1,3,14-53H2,2,4-13H3,(H,73,81)(H,74,82). The van der Waals surface area contributed by atoms with E-state index >= 15 is 0 Å². The summed E-state index contributed by atoms with van der Waals surface area (Å²) in [6.45, 7) is 28.4. The highest BCUT2D eigenvalue weighted by atomic mass is 16.8. The molecule has 0 bridgehead atoms. The average molecular weight is 1490 g/mol. The van der Waals surface area contributed by atoms with E-state index in [1.807, 2.05) is 41.5 Å². The lowest BCUT2D eigenvalue weighted by molar-refractivity contribution is -0.144. The summed E-state index contributed by atoms with van der Waals surface area (Å²) in [5.74, 6) is -2.10. The number of esters is 2. The normalized spacial score (nSPS) is 11.8. The van der Waals surface area contributed by atoms with Gasteiger partial charge >= 0.3 is 61.1 Å². The molecule has 32 heteroatoms. The second kappa shape index (κ2) is 58.9. The van der Waals surface area contributed by atoms with Crippen LogP contribution in [0.1, 0.15) is 205 Å². The van der Waals surface area contributed by atoms with Crippen molar-refractivity contribution in [1.29, 1.82) is 0 Å². The number of carbonyl (C=O) groups excluding carboxylic acids is 12. The lowest BCUT2D eigenvalue weighted by Gasteiger charge is -2.35. The monoisotopic (exact) mass is 1490 g/mol. The summed E-state index contributed by atoms with van der Waals surface area (Å²) in [5.41, 5.74) is -0.216.